The van der Waals surface area contributed by atoms with E-state index in [1.807, 2.05) is 12.1 Å². The average molecular weight is 335 g/mol. The molecule has 0 fully saturated rings. The third kappa shape index (κ3) is 3.93. The maximum Gasteiger partial charge on any atom is 0.224 e. The van der Waals surface area contributed by atoms with Gasteiger partial charge in [-0.2, -0.15) is 4.98 Å². The van der Waals surface area contributed by atoms with Gasteiger partial charge in [-0.15, -0.1) is 0 Å². The van der Waals surface area contributed by atoms with Gasteiger partial charge in [0.2, 0.25) is 5.95 Å². The van der Waals surface area contributed by atoms with Gasteiger partial charge < -0.3 is 10.6 Å². The van der Waals surface area contributed by atoms with Crippen LogP contribution in [0, 0.1) is 0 Å². The number of hydrogen-bond acceptors (Lipinski definition) is 4. The molecule has 4 nitrogen and oxygen atoms in total. The molecular weight excluding hydrogens is 316 g/mol. The highest BCUT2D eigenvalue weighted by atomic mass is 79.9. The molecule has 0 aliphatic heterocycles. The molecule has 1 aromatic carbocycles. The van der Waals surface area contributed by atoms with Crippen molar-refractivity contribution < 1.29 is 0 Å². The number of aromatic nitrogens is 2. The number of nitrogens with zero attached hydrogens (tertiary/aromatic N) is 2. The largest absolute Gasteiger partial charge is 0.354 e. The minimum Gasteiger partial charge on any atom is -0.354 e. The summed E-state index contributed by atoms with van der Waals surface area (Å²) in [5.74, 6) is 1.46. The first-order valence-electron chi connectivity index (χ1n) is 6.85. The van der Waals surface area contributed by atoms with Crippen LogP contribution in [0.15, 0.2) is 34.9 Å². The summed E-state index contributed by atoms with van der Waals surface area (Å²) in [4.78, 5) is 8.66. The van der Waals surface area contributed by atoms with Gasteiger partial charge >= 0.3 is 0 Å². The van der Waals surface area contributed by atoms with E-state index in [-0.39, 0.29) is 0 Å². The topological polar surface area (TPSA) is 49.8 Å². The molecule has 1 aromatic heterocycles. The minimum atomic E-state index is 0.659. The summed E-state index contributed by atoms with van der Waals surface area (Å²) in [5.41, 5.74) is 2.33. The van der Waals surface area contributed by atoms with Gasteiger partial charge in [-0.05, 0) is 42.7 Å². The molecule has 106 valence electrons. The normalized spacial score (nSPS) is 10.3. The van der Waals surface area contributed by atoms with E-state index in [9.17, 15) is 0 Å². The first-order chi connectivity index (χ1) is 9.72. The van der Waals surface area contributed by atoms with Crippen LogP contribution >= 0.6 is 15.9 Å². The summed E-state index contributed by atoms with van der Waals surface area (Å²) in [6, 6.07) is 8.08. The maximum atomic E-state index is 4.46. The summed E-state index contributed by atoms with van der Waals surface area (Å²) >= 11 is 3.50. The van der Waals surface area contributed by atoms with E-state index >= 15 is 0 Å². The fourth-order valence-corrected chi connectivity index (χ4v) is 2.27. The first kappa shape index (κ1) is 14.8. The van der Waals surface area contributed by atoms with Crippen molar-refractivity contribution in [2.45, 2.75) is 26.7 Å². The van der Waals surface area contributed by atoms with Crippen molar-refractivity contribution in [3.05, 3.63) is 40.5 Å². The van der Waals surface area contributed by atoms with E-state index in [4.69, 9.17) is 0 Å². The molecule has 0 unspecified atom stereocenters. The van der Waals surface area contributed by atoms with E-state index in [1.165, 1.54) is 5.56 Å². The molecule has 0 aliphatic carbocycles. The predicted molar refractivity (Wildman–Crippen MR) is 87.6 cm³/mol. The molecule has 2 rings (SSSR count). The van der Waals surface area contributed by atoms with Crippen molar-refractivity contribution in [3.63, 3.8) is 0 Å². The van der Waals surface area contributed by atoms with Crippen molar-refractivity contribution in [2.75, 3.05) is 17.2 Å². The Kier molecular flexibility index (Phi) is 5.35. The molecule has 0 saturated carbocycles. The van der Waals surface area contributed by atoms with Crippen molar-refractivity contribution in [1.29, 1.82) is 0 Å². The molecule has 0 atom stereocenters. The number of nitrogens with one attached hydrogen (secondary N) is 2. The summed E-state index contributed by atoms with van der Waals surface area (Å²) in [6.45, 7) is 5.13. The van der Waals surface area contributed by atoms with Gasteiger partial charge in [-0.1, -0.05) is 29.8 Å². The molecule has 1 heterocycles. The predicted octanol–water partition coefficient (Wildman–Crippen LogP) is 4.37. The lowest BCUT2D eigenvalue weighted by Gasteiger charge is -2.11. The van der Waals surface area contributed by atoms with Crippen LogP contribution in [-0.4, -0.2) is 16.5 Å². The smallest absolute Gasteiger partial charge is 0.224 e. The molecule has 2 aromatic rings. The highest BCUT2D eigenvalue weighted by Crippen LogP contribution is 2.24. The molecule has 0 aliphatic rings. The molecule has 2 N–H and O–H groups in total. The minimum absolute atomic E-state index is 0.659. The van der Waals surface area contributed by atoms with Gasteiger partial charge in [0.15, 0.2) is 0 Å². The SMILES string of the molecule is CCCNc1nccc(Nc2ccc(Br)cc2CC)n1. The van der Waals surface area contributed by atoms with E-state index in [1.54, 1.807) is 6.20 Å². The Balaban J connectivity index is 2.17. The third-order valence-corrected chi connectivity index (χ3v) is 3.39. The summed E-state index contributed by atoms with van der Waals surface area (Å²) in [5, 5.41) is 6.54. The van der Waals surface area contributed by atoms with Gasteiger partial charge in [0.1, 0.15) is 5.82 Å². The Morgan fingerprint density at radius 3 is 2.80 bits per heavy atom. The van der Waals surface area contributed by atoms with Crippen LogP contribution in [0.1, 0.15) is 25.8 Å². The highest BCUT2D eigenvalue weighted by Gasteiger charge is 2.04. The number of anilines is 3. The first-order valence-corrected chi connectivity index (χ1v) is 7.64. The molecule has 0 amide bonds. The molecule has 0 saturated heterocycles. The van der Waals surface area contributed by atoms with Crippen LogP contribution in [0.3, 0.4) is 0 Å². The lowest BCUT2D eigenvalue weighted by molar-refractivity contribution is 0.953. The lowest BCUT2D eigenvalue weighted by atomic mass is 10.1. The molecular formula is C15H19BrN4. The molecule has 20 heavy (non-hydrogen) atoms. The zero-order chi connectivity index (χ0) is 14.4. The van der Waals surface area contributed by atoms with Crippen molar-refractivity contribution >= 4 is 33.4 Å². The number of benzene rings is 1. The third-order valence-electron chi connectivity index (χ3n) is 2.90. The van der Waals surface area contributed by atoms with Gasteiger partial charge in [0, 0.05) is 22.9 Å². The zero-order valence-electron chi connectivity index (χ0n) is 11.8. The van der Waals surface area contributed by atoms with Gasteiger partial charge in [0.05, 0.1) is 0 Å². The second kappa shape index (κ2) is 7.24. The molecule has 0 spiro atoms. The van der Waals surface area contributed by atoms with Gasteiger partial charge in [0.25, 0.3) is 0 Å². The standard InChI is InChI=1S/C15H19BrN4/c1-3-8-17-15-18-9-7-14(20-15)19-13-6-5-12(16)10-11(13)4-2/h5-7,9-10H,3-4,8H2,1-2H3,(H2,17,18,19,20). The Morgan fingerprint density at radius 1 is 1.20 bits per heavy atom. The van der Waals surface area contributed by atoms with Gasteiger partial charge in [-0.3, -0.25) is 0 Å². The van der Waals surface area contributed by atoms with Crippen LogP contribution in [-0.2, 0) is 6.42 Å². The Hall–Kier alpha value is -1.62. The van der Waals surface area contributed by atoms with Crippen LogP contribution in [0.2, 0.25) is 0 Å². The molecule has 0 radical (unpaired) electrons. The Bertz CT molecular complexity index is 572. The number of aryl methyl sites for hydroxylation is 1. The van der Waals surface area contributed by atoms with Crippen molar-refractivity contribution in [2.24, 2.45) is 0 Å². The number of rotatable bonds is 6. The summed E-state index contributed by atoms with van der Waals surface area (Å²) in [7, 11) is 0. The fourth-order valence-electron chi connectivity index (χ4n) is 1.87. The van der Waals surface area contributed by atoms with Crippen LogP contribution in [0.5, 0.6) is 0 Å². The van der Waals surface area contributed by atoms with Crippen molar-refractivity contribution in [3.8, 4) is 0 Å². The highest BCUT2D eigenvalue weighted by molar-refractivity contribution is 9.10. The van der Waals surface area contributed by atoms with E-state index in [0.717, 1.165) is 35.4 Å². The molecule has 0 bridgehead atoms. The second-order valence-electron chi connectivity index (χ2n) is 4.47. The fraction of sp³-hybridized carbons (Fsp3) is 0.333. The van der Waals surface area contributed by atoms with E-state index in [0.29, 0.717) is 5.95 Å². The second-order valence-corrected chi connectivity index (χ2v) is 5.39. The van der Waals surface area contributed by atoms with Gasteiger partial charge in [-0.25, -0.2) is 4.98 Å². The zero-order valence-corrected chi connectivity index (χ0v) is 13.4. The number of hydrogen-bond donors (Lipinski definition) is 2. The lowest BCUT2D eigenvalue weighted by Crippen LogP contribution is -2.05. The van der Waals surface area contributed by atoms with E-state index < -0.39 is 0 Å². The Labute approximate surface area is 128 Å². The van der Waals surface area contributed by atoms with Crippen LogP contribution < -0.4 is 10.6 Å². The molecule has 5 heteroatoms. The Morgan fingerprint density at radius 2 is 2.05 bits per heavy atom. The monoisotopic (exact) mass is 334 g/mol. The van der Waals surface area contributed by atoms with Crippen molar-refractivity contribution in [1.82, 2.24) is 9.97 Å². The van der Waals surface area contributed by atoms with Crippen LogP contribution in [0.25, 0.3) is 0 Å². The summed E-state index contributed by atoms with van der Waals surface area (Å²) in [6.07, 6.45) is 3.78. The van der Waals surface area contributed by atoms with Crippen LogP contribution in [0.4, 0.5) is 17.5 Å². The maximum absolute atomic E-state index is 4.46. The summed E-state index contributed by atoms with van der Waals surface area (Å²) < 4.78 is 1.09. The average Bonchev–Trinajstić information content (AvgIpc) is 2.47. The number of halogens is 1. The quantitative estimate of drug-likeness (QED) is 0.823. The van der Waals surface area contributed by atoms with E-state index in [2.05, 4.69) is 62.5 Å².